The number of aromatic nitrogens is 2. The van der Waals surface area contributed by atoms with Crippen LogP contribution in [-0.4, -0.2) is 23.0 Å². The van der Waals surface area contributed by atoms with Gasteiger partial charge in [-0.25, -0.2) is 0 Å². The number of rotatable bonds is 4. The number of hydrogen-bond donors (Lipinski definition) is 0. The highest BCUT2D eigenvalue weighted by Gasteiger charge is 2.08. The van der Waals surface area contributed by atoms with E-state index in [1.54, 1.807) is 7.11 Å². The number of benzene rings is 2. The zero-order valence-electron chi connectivity index (χ0n) is 12.8. The Morgan fingerprint density at radius 1 is 1.12 bits per heavy atom. The van der Waals surface area contributed by atoms with Crippen LogP contribution in [0.15, 0.2) is 58.3 Å². The molecule has 120 valence electrons. The highest BCUT2D eigenvalue weighted by atomic mass is 35.5. The van der Waals surface area contributed by atoms with Crippen molar-refractivity contribution in [3.05, 3.63) is 59.1 Å². The summed E-state index contributed by atoms with van der Waals surface area (Å²) in [5, 5.41) is 5.17. The Morgan fingerprint density at radius 2 is 1.88 bits per heavy atom. The van der Waals surface area contributed by atoms with E-state index in [1.807, 2.05) is 48.5 Å². The van der Waals surface area contributed by atoms with Crippen molar-refractivity contribution < 1.29 is 9.26 Å². The molecule has 0 fully saturated rings. The van der Waals surface area contributed by atoms with Crippen molar-refractivity contribution in [3.8, 4) is 29.0 Å². The first-order valence-corrected chi connectivity index (χ1v) is 8.46. The lowest BCUT2D eigenvalue weighted by molar-refractivity contribution is 0.341. The average Bonchev–Trinajstić information content (AvgIpc) is 3.09. The molecule has 0 saturated carbocycles. The molecule has 3 rings (SSSR count). The van der Waals surface area contributed by atoms with Crippen LogP contribution >= 0.6 is 23.4 Å². The van der Waals surface area contributed by atoms with Crippen LogP contribution in [0.4, 0.5) is 0 Å². The summed E-state index contributed by atoms with van der Waals surface area (Å²) in [6, 6.07) is 14.9. The summed E-state index contributed by atoms with van der Waals surface area (Å²) < 4.78 is 10.4. The van der Waals surface area contributed by atoms with Gasteiger partial charge in [0.15, 0.2) is 0 Å². The van der Waals surface area contributed by atoms with Crippen molar-refractivity contribution in [2.45, 2.75) is 5.22 Å². The quantitative estimate of drug-likeness (QED) is 0.507. The first kappa shape index (κ1) is 16.4. The molecule has 1 aromatic heterocycles. The van der Waals surface area contributed by atoms with E-state index in [9.17, 15) is 0 Å². The molecular weight excluding hydrogens is 344 g/mol. The Kier molecular flexibility index (Phi) is 5.42. The third-order valence-electron chi connectivity index (χ3n) is 3.10. The molecule has 0 spiro atoms. The van der Waals surface area contributed by atoms with E-state index >= 15 is 0 Å². The molecule has 24 heavy (non-hydrogen) atoms. The number of halogens is 1. The van der Waals surface area contributed by atoms with Gasteiger partial charge in [0.05, 0.1) is 12.9 Å². The van der Waals surface area contributed by atoms with Crippen LogP contribution in [0, 0.1) is 11.8 Å². The second-order valence-corrected chi connectivity index (χ2v) is 6.07. The maximum atomic E-state index is 5.84. The molecule has 6 heteroatoms. The fourth-order valence-electron chi connectivity index (χ4n) is 1.89. The standard InChI is InChI=1S/C18H13ClN2O2S/c1-22-16-10-6-14(7-11-16)17-20-18(23-21-17)24-12-2-3-13-4-8-15(19)9-5-13/h4-11H,12H2,1H3. The van der Waals surface area contributed by atoms with Crippen LogP contribution < -0.4 is 4.74 Å². The lowest BCUT2D eigenvalue weighted by atomic mass is 10.2. The Balaban J connectivity index is 1.59. The molecule has 0 unspecified atom stereocenters. The molecule has 0 bridgehead atoms. The molecule has 2 aromatic carbocycles. The largest absolute Gasteiger partial charge is 0.497 e. The number of ether oxygens (including phenoxy) is 1. The average molecular weight is 357 g/mol. The predicted molar refractivity (Wildman–Crippen MR) is 95.3 cm³/mol. The molecule has 0 aliphatic carbocycles. The van der Waals surface area contributed by atoms with Gasteiger partial charge in [0.25, 0.3) is 5.22 Å². The van der Waals surface area contributed by atoms with Crippen LogP contribution in [-0.2, 0) is 0 Å². The normalized spacial score (nSPS) is 10.1. The van der Waals surface area contributed by atoms with Crippen LogP contribution in [0.5, 0.6) is 5.75 Å². The summed E-state index contributed by atoms with van der Waals surface area (Å²) in [5.41, 5.74) is 1.79. The summed E-state index contributed by atoms with van der Waals surface area (Å²) in [4.78, 5) is 4.35. The fraction of sp³-hybridized carbons (Fsp3) is 0.111. The first-order chi connectivity index (χ1) is 11.7. The van der Waals surface area contributed by atoms with Crippen LogP contribution in [0.1, 0.15) is 5.56 Å². The zero-order valence-corrected chi connectivity index (χ0v) is 14.4. The van der Waals surface area contributed by atoms with E-state index in [1.165, 1.54) is 11.8 Å². The summed E-state index contributed by atoms with van der Waals surface area (Å²) in [6.07, 6.45) is 0. The van der Waals surface area contributed by atoms with Crippen molar-refractivity contribution >= 4 is 23.4 Å². The fourth-order valence-corrected chi connectivity index (χ4v) is 2.53. The predicted octanol–water partition coefficient (Wildman–Crippen LogP) is 4.54. The zero-order chi connectivity index (χ0) is 16.8. The van der Waals surface area contributed by atoms with E-state index in [0.29, 0.717) is 21.8 Å². The van der Waals surface area contributed by atoms with Gasteiger partial charge in [0.1, 0.15) is 5.75 Å². The lowest BCUT2D eigenvalue weighted by Crippen LogP contribution is -1.84. The van der Waals surface area contributed by atoms with Gasteiger partial charge in [-0.1, -0.05) is 40.4 Å². The minimum absolute atomic E-state index is 0.492. The Labute approximate surface area is 149 Å². The number of hydrogen-bond acceptors (Lipinski definition) is 5. The highest BCUT2D eigenvalue weighted by molar-refractivity contribution is 7.99. The highest BCUT2D eigenvalue weighted by Crippen LogP contribution is 2.23. The number of thioether (sulfide) groups is 1. The van der Waals surface area contributed by atoms with E-state index in [4.69, 9.17) is 20.9 Å². The van der Waals surface area contributed by atoms with E-state index in [2.05, 4.69) is 22.0 Å². The second kappa shape index (κ2) is 7.91. The van der Waals surface area contributed by atoms with Crippen LogP contribution in [0.25, 0.3) is 11.4 Å². The molecule has 0 aliphatic heterocycles. The van der Waals surface area contributed by atoms with E-state index in [-0.39, 0.29) is 0 Å². The molecule has 0 radical (unpaired) electrons. The number of nitrogens with zero attached hydrogens (tertiary/aromatic N) is 2. The van der Waals surface area contributed by atoms with Crippen molar-refractivity contribution in [1.82, 2.24) is 10.1 Å². The van der Waals surface area contributed by atoms with Gasteiger partial charge in [-0.2, -0.15) is 4.98 Å². The smallest absolute Gasteiger partial charge is 0.286 e. The van der Waals surface area contributed by atoms with Gasteiger partial charge < -0.3 is 9.26 Å². The topological polar surface area (TPSA) is 48.2 Å². The van der Waals surface area contributed by atoms with E-state index in [0.717, 1.165) is 16.9 Å². The van der Waals surface area contributed by atoms with Gasteiger partial charge in [-0.05, 0) is 48.5 Å². The van der Waals surface area contributed by atoms with Crippen molar-refractivity contribution in [1.29, 1.82) is 0 Å². The van der Waals surface area contributed by atoms with Gasteiger partial charge in [-0.15, -0.1) is 0 Å². The lowest BCUT2D eigenvalue weighted by Gasteiger charge is -1.98. The Hall–Kier alpha value is -2.42. The molecule has 3 aromatic rings. The maximum Gasteiger partial charge on any atom is 0.286 e. The van der Waals surface area contributed by atoms with Gasteiger partial charge in [0, 0.05) is 16.1 Å². The van der Waals surface area contributed by atoms with Crippen molar-refractivity contribution in [2.75, 3.05) is 12.9 Å². The summed E-state index contributed by atoms with van der Waals surface area (Å²) in [7, 11) is 1.63. The second-order valence-electron chi connectivity index (χ2n) is 4.71. The van der Waals surface area contributed by atoms with Crippen LogP contribution in [0.2, 0.25) is 5.02 Å². The van der Waals surface area contributed by atoms with Gasteiger partial charge in [-0.3, -0.25) is 0 Å². The monoisotopic (exact) mass is 356 g/mol. The molecule has 1 heterocycles. The molecule has 0 amide bonds. The molecular formula is C18H13ClN2O2S. The minimum Gasteiger partial charge on any atom is -0.497 e. The molecule has 0 saturated heterocycles. The minimum atomic E-state index is 0.492. The summed E-state index contributed by atoms with van der Waals surface area (Å²) in [6.45, 7) is 0. The first-order valence-electron chi connectivity index (χ1n) is 7.10. The summed E-state index contributed by atoms with van der Waals surface area (Å²) in [5.74, 6) is 8.02. The molecule has 0 aliphatic rings. The van der Waals surface area contributed by atoms with Crippen LogP contribution in [0.3, 0.4) is 0 Å². The molecule has 0 atom stereocenters. The summed E-state index contributed by atoms with van der Waals surface area (Å²) >= 11 is 7.24. The molecule has 0 N–H and O–H groups in total. The number of methoxy groups -OCH3 is 1. The maximum absolute atomic E-state index is 5.84. The van der Waals surface area contributed by atoms with Gasteiger partial charge in [0.2, 0.25) is 5.82 Å². The SMILES string of the molecule is COc1ccc(-c2noc(SCC#Cc3ccc(Cl)cc3)n2)cc1. The Morgan fingerprint density at radius 3 is 2.58 bits per heavy atom. The third kappa shape index (κ3) is 4.31. The molecule has 4 nitrogen and oxygen atoms in total. The van der Waals surface area contributed by atoms with E-state index < -0.39 is 0 Å². The Bertz CT molecular complexity index is 865. The van der Waals surface area contributed by atoms with Gasteiger partial charge >= 0.3 is 0 Å². The van der Waals surface area contributed by atoms with Crippen molar-refractivity contribution in [3.63, 3.8) is 0 Å². The van der Waals surface area contributed by atoms with Crippen molar-refractivity contribution in [2.24, 2.45) is 0 Å². The third-order valence-corrected chi connectivity index (χ3v) is 4.05.